The average Bonchev–Trinajstić information content (AvgIpc) is 2.33. The van der Waals surface area contributed by atoms with E-state index in [1.54, 1.807) is 13.2 Å². The smallest absolute Gasteiger partial charge is 0.0551 e. The Balaban J connectivity index is 3.05. The lowest BCUT2D eigenvalue weighted by Crippen LogP contribution is -2.36. The van der Waals surface area contributed by atoms with Crippen LogP contribution in [0.4, 0.5) is 0 Å². The molecule has 0 radical (unpaired) electrons. The summed E-state index contributed by atoms with van der Waals surface area (Å²) in [6, 6.07) is 7.24. The van der Waals surface area contributed by atoms with Gasteiger partial charge in [-0.2, -0.15) is 0 Å². The van der Waals surface area contributed by atoms with Crippen molar-refractivity contribution in [2.24, 2.45) is 0 Å². The minimum atomic E-state index is -0.728. The van der Waals surface area contributed by atoms with E-state index in [-0.39, 0.29) is 13.2 Å². The van der Waals surface area contributed by atoms with Crippen LogP contribution in [0.1, 0.15) is 12.0 Å². The molecule has 0 spiro atoms. The Morgan fingerprint density at radius 2 is 1.88 bits per heavy atom. The second kappa shape index (κ2) is 6.21. The summed E-state index contributed by atoms with van der Waals surface area (Å²) in [4.78, 5) is 0. The van der Waals surface area contributed by atoms with Gasteiger partial charge in [0.15, 0.2) is 0 Å². The number of benzene rings is 1. The Labute approximate surface area is 101 Å². The molecule has 0 saturated carbocycles. The monoisotopic (exact) mass is 244 g/mol. The van der Waals surface area contributed by atoms with Gasteiger partial charge in [0.1, 0.15) is 0 Å². The van der Waals surface area contributed by atoms with Crippen molar-refractivity contribution in [1.29, 1.82) is 0 Å². The molecule has 0 heterocycles. The molecule has 0 aromatic heterocycles. The highest BCUT2D eigenvalue weighted by Crippen LogP contribution is 2.32. The molecule has 0 fully saturated rings. The van der Waals surface area contributed by atoms with Gasteiger partial charge in [-0.05, 0) is 18.1 Å². The molecule has 4 heteroatoms. The first-order valence-electron chi connectivity index (χ1n) is 5.16. The van der Waals surface area contributed by atoms with Crippen LogP contribution in [0.25, 0.3) is 0 Å². The van der Waals surface area contributed by atoms with Crippen molar-refractivity contribution in [1.82, 2.24) is 0 Å². The fourth-order valence-corrected chi connectivity index (χ4v) is 2.04. The van der Waals surface area contributed by atoms with Gasteiger partial charge < -0.3 is 14.9 Å². The predicted octanol–water partition coefficient (Wildman–Crippen LogP) is 1.60. The molecule has 1 aromatic carbocycles. The maximum absolute atomic E-state index is 9.51. The Bertz CT molecular complexity index is 324. The van der Waals surface area contributed by atoms with Gasteiger partial charge in [0.2, 0.25) is 0 Å². The first-order valence-corrected chi connectivity index (χ1v) is 5.53. The minimum absolute atomic E-state index is 0.156. The maximum Gasteiger partial charge on any atom is 0.0551 e. The number of aliphatic hydroxyl groups is 2. The number of rotatable bonds is 6. The van der Waals surface area contributed by atoms with Crippen molar-refractivity contribution in [2.45, 2.75) is 11.8 Å². The van der Waals surface area contributed by atoms with E-state index in [4.69, 9.17) is 16.3 Å². The third-order valence-corrected chi connectivity index (χ3v) is 3.16. The summed E-state index contributed by atoms with van der Waals surface area (Å²) in [6.07, 6.45) is 0.528. The lowest BCUT2D eigenvalue weighted by Gasteiger charge is -2.30. The van der Waals surface area contributed by atoms with Crippen LogP contribution in [0.5, 0.6) is 0 Å². The molecule has 90 valence electrons. The lowest BCUT2D eigenvalue weighted by atomic mass is 9.79. The Hall–Kier alpha value is -0.610. The van der Waals surface area contributed by atoms with E-state index in [1.807, 2.05) is 18.2 Å². The summed E-state index contributed by atoms with van der Waals surface area (Å²) in [5, 5.41) is 19.6. The second-order valence-electron chi connectivity index (χ2n) is 3.82. The minimum Gasteiger partial charge on any atom is -0.395 e. The number of hydrogen-bond acceptors (Lipinski definition) is 3. The first-order chi connectivity index (χ1) is 7.70. The van der Waals surface area contributed by atoms with E-state index in [1.165, 1.54) is 0 Å². The zero-order valence-corrected chi connectivity index (χ0v) is 10.1. The van der Waals surface area contributed by atoms with E-state index >= 15 is 0 Å². The van der Waals surface area contributed by atoms with Crippen LogP contribution in [0.2, 0.25) is 5.02 Å². The highest BCUT2D eigenvalue weighted by atomic mass is 35.5. The fourth-order valence-electron chi connectivity index (χ4n) is 1.70. The third kappa shape index (κ3) is 2.74. The van der Waals surface area contributed by atoms with Crippen LogP contribution >= 0.6 is 11.6 Å². The Morgan fingerprint density at radius 3 is 2.38 bits per heavy atom. The summed E-state index contributed by atoms with van der Waals surface area (Å²) in [5.41, 5.74) is 0.0349. The number of aliphatic hydroxyl groups excluding tert-OH is 2. The molecule has 0 bridgehead atoms. The van der Waals surface area contributed by atoms with Crippen molar-refractivity contribution >= 4 is 11.6 Å². The summed E-state index contributed by atoms with van der Waals surface area (Å²) < 4.78 is 5.00. The Kier molecular flexibility index (Phi) is 5.22. The van der Waals surface area contributed by atoms with E-state index in [9.17, 15) is 10.2 Å². The predicted molar refractivity (Wildman–Crippen MR) is 63.8 cm³/mol. The molecule has 2 N–H and O–H groups in total. The zero-order valence-electron chi connectivity index (χ0n) is 9.32. The molecule has 0 unspecified atom stereocenters. The van der Waals surface area contributed by atoms with Crippen LogP contribution < -0.4 is 0 Å². The van der Waals surface area contributed by atoms with Crippen LogP contribution in [-0.2, 0) is 10.2 Å². The molecular weight excluding hydrogens is 228 g/mol. The van der Waals surface area contributed by atoms with Crippen molar-refractivity contribution in [3.63, 3.8) is 0 Å². The largest absolute Gasteiger partial charge is 0.395 e. The summed E-state index contributed by atoms with van der Waals surface area (Å²) in [6.45, 7) is 0.152. The highest BCUT2D eigenvalue weighted by Gasteiger charge is 2.32. The summed E-state index contributed by atoms with van der Waals surface area (Å²) >= 11 is 6.08. The molecule has 1 aromatic rings. The summed E-state index contributed by atoms with van der Waals surface area (Å²) in [5.74, 6) is 0. The molecule has 1 rings (SSSR count). The van der Waals surface area contributed by atoms with Gasteiger partial charge in [0, 0.05) is 24.2 Å². The van der Waals surface area contributed by atoms with E-state index < -0.39 is 5.41 Å². The van der Waals surface area contributed by atoms with Gasteiger partial charge in [0.25, 0.3) is 0 Å². The molecule has 0 aliphatic heterocycles. The zero-order chi connectivity index (χ0) is 12.0. The number of ether oxygens (including phenoxy) is 1. The van der Waals surface area contributed by atoms with Crippen LogP contribution in [0.3, 0.4) is 0 Å². The highest BCUT2D eigenvalue weighted by molar-refractivity contribution is 6.31. The SMILES string of the molecule is COCCC(CO)(CO)c1ccccc1Cl. The van der Waals surface area contributed by atoms with Crippen molar-refractivity contribution in [3.05, 3.63) is 34.9 Å². The lowest BCUT2D eigenvalue weighted by molar-refractivity contribution is 0.0795. The van der Waals surface area contributed by atoms with Gasteiger partial charge in [-0.1, -0.05) is 29.8 Å². The van der Waals surface area contributed by atoms with E-state index in [2.05, 4.69) is 0 Å². The van der Waals surface area contributed by atoms with Gasteiger partial charge in [-0.15, -0.1) is 0 Å². The van der Waals surface area contributed by atoms with E-state index in [0.717, 1.165) is 5.56 Å². The molecule has 0 amide bonds. The topological polar surface area (TPSA) is 49.7 Å². The van der Waals surface area contributed by atoms with E-state index in [0.29, 0.717) is 18.1 Å². The Morgan fingerprint density at radius 1 is 1.25 bits per heavy atom. The average molecular weight is 245 g/mol. The van der Waals surface area contributed by atoms with Crippen molar-refractivity contribution in [2.75, 3.05) is 26.9 Å². The number of halogens is 1. The van der Waals surface area contributed by atoms with Crippen LogP contribution in [0.15, 0.2) is 24.3 Å². The van der Waals surface area contributed by atoms with Crippen molar-refractivity contribution < 1.29 is 14.9 Å². The van der Waals surface area contributed by atoms with Gasteiger partial charge in [-0.3, -0.25) is 0 Å². The second-order valence-corrected chi connectivity index (χ2v) is 4.23. The van der Waals surface area contributed by atoms with Gasteiger partial charge in [-0.25, -0.2) is 0 Å². The van der Waals surface area contributed by atoms with Gasteiger partial charge in [0.05, 0.1) is 13.2 Å². The fraction of sp³-hybridized carbons (Fsp3) is 0.500. The van der Waals surface area contributed by atoms with Crippen molar-refractivity contribution in [3.8, 4) is 0 Å². The molecule has 0 aliphatic rings. The normalized spacial score (nSPS) is 11.8. The molecule has 16 heavy (non-hydrogen) atoms. The molecule has 0 atom stereocenters. The standard InChI is InChI=1S/C12H17ClO3/c1-16-7-6-12(8-14,9-15)10-4-2-3-5-11(10)13/h2-5,14-15H,6-9H2,1H3. The van der Waals surface area contributed by atoms with Crippen LogP contribution in [0, 0.1) is 0 Å². The quantitative estimate of drug-likeness (QED) is 0.799. The molecule has 0 saturated heterocycles. The molecule has 0 aliphatic carbocycles. The summed E-state index contributed by atoms with van der Waals surface area (Å²) in [7, 11) is 1.59. The van der Waals surface area contributed by atoms with Gasteiger partial charge >= 0.3 is 0 Å². The van der Waals surface area contributed by atoms with Crippen LogP contribution in [-0.4, -0.2) is 37.1 Å². The number of methoxy groups -OCH3 is 1. The molecular formula is C12H17ClO3. The maximum atomic E-state index is 9.51. The number of hydrogen-bond donors (Lipinski definition) is 2. The third-order valence-electron chi connectivity index (χ3n) is 2.84. The first kappa shape index (κ1) is 13.5. The molecule has 3 nitrogen and oxygen atoms in total.